The standard InChI is InChI=1S/C13H14N4O3/c14-12(18)4-2-7-15-10-5-6-11(17(19)20)9-3-1-8-16-13(9)10/h1,3,5-6,8,15H,2,4,7H2,(H2,14,18). The minimum absolute atomic E-state index is 0.0239. The summed E-state index contributed by atoms with van der Waals surface area (Å²) in [6, 6.07) is 6.39. The summed E-state index contributed by atoms with van der Waals surface area (Å²) in [6.45, 7) is 0.548. The average molecular weight is 274 g/mol. The van der Waals surface area contributed by atoms with Crippen LogP contribution in [-0.4, -0.2) is 22.4 Å². The number of carbonyl (C=O) groups excluding carboxylic acids is 1. The lowest BCUT2D eigenvalue weighted by Gasteiger charge is -2.08. The summed E-state index contributed by atoms with van der Waals surface area (Å²) in [7, 11) is 0. The number of hydrogen-bond acceptors (Lipinski definition) is 5. The van der Waals surface area contributed by atoms with Crippen LogP contribution in [0, 0.1) is 10.1 Å². The van der Waals surface area contributed by atoms with Crippen molar-refractivity contribution in [2.45, 2.75) is 12.8 Å². The van der Waals surface area contributed by atoms with Gasteiger partial charge in [0.25, 0.3) is 5.69 Å². The molecule has 3 N–H and O–H groups in total. The van der Waals surface area contributed by atoms with E-state index in [2.05, 4.69) is 10.3 Å². The van der Waals surface area contributed by atoms with Crippen molar-refractivity contribution >= 4 is 28.2 Å². The van der Waals surface area contributed by atoms with Crippen LogP contribution in [0.25, 0.3) is 10.9 Å². The van der Waals surface area contributed by atoms with Crippen LogP contribution in [0.5, 0.6) is 0 Å². The van der Waals surface area contributed by atoms with Gasteiger partial charge < -0.3 is 11.1 Å². The molecule has 0 radical (unpaired) electrons. The second-order valence-electron chi connectivity index (χ2n) is 4.29. The van der Waals surface area contributed by atoms with E-state index in [1.165, 1.54) is 6.07 Å². The number of pyridine rings is 1. The van der Waals surface area contributed by atoms with Gasteiger partial charge in [-0.05, 0) is 24.6 Å². The first-order valence-corrected chi connectivity index (χ1v) is 6.14. The van der Waals surface area contributed by atoms with Crippen LogP contribution in [0.15, 0.2) is 30.5 Å². The molecule has 1 heterocycles. The number of nitrogens with one attached hydrogen (secondary N) is 1. The third-order valence-corrected chi connectivity index (χ3v) is 2.86. The molecule has 20 heavy (non-hydrogen) atoms. The zero-order valence-corrected chi connectivity index (χ0v) is 10.7. The van der Waals surface area contributed by atoms with Gasteiger partial charge in [-0.3, -0.25) is 19.9 Å². The number of aromatic nitrogens is 1. The zero-order valence-electron chi connectivity index (χ0n) is 10.7. The number of amides is 1. The molecule has 0 aliphatic heterocycles. The molecule has 0 saturated carbocycles. The van der Waals surface area contributed by atoms with E-state index in [1.54, 1.807) is 24.4 Å². The molecule has 0 atom stereocenters. The van der Waals surface area contributed by atoms with Gasteiger partial charge in [0.15, 0.2) is 0 Å². The van der Waals surface area contributed by atoms with Crippen LogP contribution in [0.2, 0.25) is 0 Å². The Morgan fingerprint density at radius 1 is 1.40 bits per heavy atom. The summed E-state index contributed by atoms with van der Waals surface area (Å²) in [4.78, 5) is 25.4. The van der Waals surface area contributed by atoms with Gasteiger partial charge in [0.2, 0.25) is 5.91 Å². The van der Waals surface area contributed by atoms with E-state index in [-0.39, 0.29) is 11.6 Å². The van der Waals surface area contributed by atoms with Gasteiger partial charge in [0, 0.05) is 25.2 Å². The SMILES string of the molecule is NC(=O)CCCNc1ccc([N+](=O)[O-])c2cccnc12. The molecule has 2 aromatic rings. The number of non-ortho nitro benzene ring substituents is 1. The van der Waals surface area contributed by atoms with Crippen molar-refractivity contribution in [3.63, 3.8) is 0 Å². The number of rotatable bonds is 6. The van der Waals surface area contributed by atoms with Crippen molar-refractivity contribution in [1.29, 1.82) is 0 Å². The van der Waals surface area contributed by atoms with E-state index in [0.717, 1.165) is 0 Å². The smallest absolute Gasteiger partial charge is 0.278 e. The fraction of sp³-hybridized carbons (Fsp3) is 0.231. The lowest BCUT2D eigenvalue weighted by Crippen LogP contribution is -2.12. The third-order valence-electron chi connectivity index (χ3n) is 2.86. The van der Waals surface area contributed by atoms with Gasteiger partial charge in [-0.15, -0.1) is 0 Å². The number of nitro benzene ring substituents is 1. The zero-order chi connectivity index (χ0) is 14.5. The Labute approximate surface area is 114 Å². The van der Waals surface area contributed by atoms with Crippen LogP contribution in [0.4, 0.5) is 11.4 Å². The molecule has 0 fully saturated rings. The summed E-state index contributed by atoms with van der Waals surface area (Å²) in [5, 5.41) is 14.6. The summed E-state index contributed by atoms with van der Waals surface area (Å²) in [5.74, 6) is -0.349. The monoisotopic (exact) mass is 274 g/mol. The molecular formula is C13H14N4O3. The van der Waals surface area contributed by atoms with Gasteiger partial charge in [-0.1, -0.05) is 0 Å². The summed E-state index contributed by atoms with van der Waals surface area (Å²) < 4.78 is 0. The normalized spacial score (nSPS) is 10.4. The van der Waals surface area contributed by atoms with Crippen LogP contribution in [-0.2, 0) is 4.79 Å². The van der Waals surface area contributed by atoms with Gasteiger partial charge in [-0.2, -0.15) is 0 Å². The molecule has 0 aliphatic carbocycles. The second kappa shape index (κ2) is 5.96. The molecule has 0 unspecified atom stereocenters. The molecule has 1 aromatic heterocycles. The number of primary amides is 1. The first-order valence-electron chi connectivity index (χ1n) is 6.14. The number of nitrogens with two attached hydrogens (primary N) is 1. The Balaban J connectivity index is 2.24. The Hall–Kier alpha value is -2.70. The summed E-state index contributed by atoms with van der Waals surface area (Å²) in [5.41, 5.74) is 6.33. The maximum atomic E-state index is 11.0. The number of carbonyl (C=O) groups is 1. The summed E-state index contributed by atoms with van der Waals surface area (Å²) in [6.07, 6.45) is 2.48. The number of anilines is 1. The average Bonchev–Trinajstić information content (AvgIpc) is 2.43. The largest absolute Gasteiger partial charge is 0.383 e. The number of benzene rings is 1. The first kappa shape index (κ1) is 13.7. The number of nitrogens with zero attached hydrogens (tertiary/aromatic N) is 2. The van der Waals surface area contributed by atoms with E-state index in [9.17, 15) is 14.9 Å². The fourth-order valence-electron chi connectivity index (χ4n) is 1.95. The topological polar surface area (TPSA) is 111 Å². The molecule has 104 valence electrons. The first-order chi connectivity index (χ1) is 9.59. The minimum atomic E-state index is -0.430. The van der Waals surface area contributed by atoms with Crippen LogP contribution >= 0.6 is 0 Å². The Morgan fingerprint density at radius 3 is 2.90 bits per heavy atom. The molecule has 0 saturated heterocycles. The molecule has 0 bridgehead atoms. The van der Waals surface area contributed by atoms with Crippen molar-refractivity contribution in [3.8, 4) is 0 Å². The molecule has 0 aliphatic rings. The summed E-state index contributed by atoms with van der Waals surface area (Å²) >= 11 is 0. The van der Waals surface area contributed by atoms with E-state index in [1.807, 2.05) is 0 Å². The highest BCUT2D eigenvalue weighted by Crippen LogP contribution is 2.29. The number of hydrogen-bond donors (Lipinski definition) is 2. The Kier molecular flexibility index (Phi) is 4.09. The van der Waals surface area contributed by atoms with Crippen LogP contribution in [0.3, 0.4) is 0 Å². The molecule has 7 nitrogen and oxygen atoms in total. The molecule has 1 amide bonds. The fourth-order valence-corrected chi connectivity index (χ4v) is 1.95. The van der Waals surface area contributed by atoms with Crippen molar-refractivity contribution in [2.24, 2.45) is 5.73 Å². The van der Waals surface area contributed by atoms with Crippen molar-refractivity contribution < 1.29 is 9.72 Å². The van der Waals surface area contributed by atoms with E-state index in [4.69, 9.17) is 5.73 Å². The predicted molar refractivity (Wildman–Crippen MR) is 75.3 cm³/mol. The lowest BCUT2D eigenvalue weighted by molar-refractivity contribution is -0.383. The maximum absolute atomic E-state index is 11.0. The highest BCUT2D eigenvalue weighted by molar-refractivity contribution is 5.96. The van der Waals surface area contributed by atoms with Gasteiger partial charge in [0.05, 0.1) is 16.0 Å². The quantitative estimate of drug-likeness (QED) is 0.474. The number of nitro groups is 1. The number of fused-ring (bicyclic) bond motifs is 1. The van der Waals surface area contributed by atoms with Gasteiger partial charge in [0.1, 0.15) is 5.52 Å². The van der Waals surface area contributed by atoms with Gasteiger partial charge >= 0.3 is 0 Å². The lowest BCUT2D eigenvalue weighted by atomic mass is 10.1. The van der Waals surface area contributed by atoms with Crippen LogP contribution < -0.4 is 11.1 Å². The van der Waals surface area contributed by atoms with Crippen LogP contribution in [0.1, 0.15) is 12.8 Å². The van der Waals surface area contributed by atoms with E-state index in [0.29, 0.717) is 36.0 Å². The Bertz CT molecular complexity index is 657. The van der Waals surface area contributed by atoms with Crippen molar-refractivity contribution in [3.05, 3.63) is 40.6 Å². The highest BCUT2D eigenvalue weighted by atomic mass is 16.6. The molecule has 1 aromatic carbocycles. The molecule has 0 spiro atoms. The predicted octanol–water partition coefficient (Wildman–Crippen LogP) is 1.82. The van der Waals surface area contributed by atoms with Crippen molar-refractivity contribution in [1.82, 2.24) is 4.98 Å². The molecule has 2 rings (SSSR count). The minimum Gasteiger partial charge on any atom is -0.383 e. The molecular weight excluding hydrogens is 260 g/mol. The molecule has 7 heteroatoms. The highest BCUT2D eigenvalue weighted by Gasteiger charge is 2.14. The third kappa shape index (κ3) is 3.00. The van der Waals surface area contributed by atoms with E-state index < -0.39 is 4.92 Å². The maximum Gasteiger partial charge on any atom is 0.278 e. The van der Waals surface area contributed by atoms with Gasteiger partial charge in [-0.25, -0.2) is 0 Å². The van der Waals surface area contributed by atoms with E-state index >= 15 is 0 Å². The Morgan fingerprint density at radius 2 is 2.20 bits per heavy atom. The second-order valence-corrected chi connectivity index (χ2v) is 4.29. The van der Waals surface area contributed by atoms with Crippen molar-refractivity contribution in [2.75, 3.05) is 11.9 Å².